The highest BCUT2D eigenvalue weighted by molar-refractivity contribution is 4.98. The van der Waals surface area contributed by atoms with Crippen molar-refractivity contribution in [3.8, 4) is 6.07 Å². The van der Waals surface area contributed by atoms with E-state index in [-0.39, 0.29) is 5.54 Å². The van der Waals surface area contributed by atoms with Crippen LogP contribution in [-0.2, 0) is 0 Å². The molecule has 0 bridgehead atoms. The predicted octanol–water partition coefficient (Wildman–Crippen LogP) is 1.53. The first-order valence-electron chi connectivity index (χ1n) is 3.22. The van der Waals surface area contributed by atoms with Crippen molar-refractivity contribution in [2.75, 3.05) is 7.05 Å². The van der Waals surface area contributed by atoms with Crippen molar-refractivity contribution in [3.63, 3.8) is 0 Å². The molecule has 0 unspecified atom stereocenters. The van der Waals surface area contributed by atoms with E-state index in [9.17, 15) is 0 Å². The average molecular weight is 128 g/mol. The van der Waals surface area contributed by atoms with Gasteiger partial charge in [-0.1, -0.05) is 13.8 Å². The van der Waals surface area contributed by atoms with Crippen molar-refractivity contribution in [1.82, 2.24) is 5.32 Å². The van der Waals surface area contributed by atoms with Gasteiger partial charge in [0.25, 0.3) is 0 Å². The molecule has 0 aliphatic heterocycles. The summed E-state index contributed by atoms with van der Waals surface area (Å²) in [5.74, 6) is 0. The molecule has 0 heterocycles. The summed E-state index contributed by atoms with van der Waals surface area (Å²) in [4.78, 5) is 0. The first-order chi connectivity index (χ1) is 4.12. The fourth-order valence-corrected chi connectivity index (χ4v) is 0.0559. The molecule has 0 saturated heterocycles. The number of rotatable bonds is 1. The van der Waals surface area contributed by atoms with E-state index in [0.29, 0.717) is 0 Å². The Morgan fingerprint density at radius 3 is 1.67 bits per heavy atom. The molecule has 0 aromatic heterocycles. The van der Waals surface area contributed by atoms with Crippen molar-refractivity contribution in [3.05, 3.63) is 0 Å². The second-order valence-electron chi connectivity index (χ2n) is 1.99. The smallest absolute Gasteiger partial charge is 0.100 e. The zero-order valence-corrected chi connectivity index (χ0v) is 6.95. The lowest BCUT2D eigenvalue weighted by molar-refractivity contribution is 0.541. The van der Waals surface area contributed by atoms with Gasteiger partial charge in [0.05, 0.1) is 6.07 Å². The molecular formula is C7H16N2. The van der Waals surface area contributed by atoms with Crippen LogP contribution in [0.2, 0.25) is 0 Å². The Morgan fingerprint density at radius 1 is 1.33 bits per heavy atom. The van der Waals surface area contributed by atoms with Gasteiger partial charge in [0.15, 0.2) is 0 Å². The highest BCUT2D eigenvalue weighted by Crippen LogP contribution is 1.94. The maximum atomic E-state index is 8.28. The molecule has 0 radical (unpaired) electrons. The maximum Gasteiger partial charge on any atom is 0.100 e. The SMILES string of the molecule is CC.CNC(C)(C)C#N. The molecule has 0 atom stereocenters. The minimum Gasteiger partial charge on any atom is -0.303 e. The van der Waals surface area contributed by atoms with Crippen LogP contribution in [0.3, 0.4) is 0 Å². The van der Waals surface area contributed by atoms with Crippen LogP contribution >= 0.6 is 0 Å². The van der Waals surface area contributed by atoms with Crippen LogP contribution in [0.25, 0.3) is 0 Å². The summed E-state index contributed by atoms with van der Waals surface area (Å²) in [7, 11) is 1.77. The summed E-state index contributed by atoms with van der Waals surface area (Å²) < 4.78 is 0. The van der Waals surface area contributed by atoms with Crippen LogP contribution in [0.5, 0.6) is 0 Å². The van der Waals surface area contributed by atoms with E-state index in [2.05, 4.69) is 11.4 Å². The van der Waals surface area contributed by atoms with Gasteiger partial charge < -0.3 is 5.32 Å². The molecule has 1 N–H and O–H groups in total. The molecule has 0 amide bonds. The number of hydrogen-bond donors (Lipinski definition) is 1. The number of nitrogens with zero attached hydrogens (tertiary/aromatic N) is 1. The van der Waals surface area contributed by atoms with E-state index in [4.69, 9.17) is 5.26 Å². The zero-order valence-electron chi connectivity index (χ0n) is 6.95. The van der Waals surface area contributed by atoms with Crippen molar-refractivity contribution < 1.29 is 0 Å². The largest absolute Gasteiger partial charge is 0.303 e. The van der Waals surface area contributed by atoms with Crippen molar-refractivity contribution >= 4 is 0 Å². The molecule has 9 heavy (non-hydrogen) atoms. The summed E-state index contributed by atoms with van der Waals surface area (Å²) in [6.07, 6.45) is 0. The third-order valence-electron chi connectivity index (χ3n) is 0.905. The molecule has 54 valence electrons. The van der Waals surface area contributed by atoms with Gasteiger partial charge >= 0.3 is 0 Å². The molecule has 0 saturated carbocycles. The highest BCUT2D eigenvalue weighted by atomic mass is 14.9. The molecule has 0 aliphatic carbocycles. The lowest BCUT2D eigenvalue weighted by Crippen LogP contribution is -2.33. The lowest BCUT2D eigenvalue weighted by Gasteiger charge is -2.11. The molecule has 0 rings (SSSR count). The van der Waals surface area contributed by atoms with Crippen molar-refractivity contribution in [1.29, 1.82) is 5.26 Å². The van der Waals surface area contributed by atoms with Crippen LogP contribution < -0.4 is 5.32 Å². The van der Waals surface area contributed by atoms with Crippen LogP contribution in [0.15, 0.2) is 0 Å². The lowest BCUT2D eigenvalue weighted by atomic mass is 10.1. The molecule has 2 heteroatoms. The Bertz CT molecular complexity index is 89.6. The monoisotopic (exact) mass is 128 g/mol. The van der Waals surface area contributed by atoms with Gasteiger partial charge in [0.1, 0.15) is 5.54 Å². The summed E-state index contributed by atoms with van der Waals surface area (Å²) in [5, 5.41) is 11.1. The van der Waals surface area contributed by atoms with Gasteiger partial charge in [-0.05, 0) is 20.9 Å². The molecular weight excluding hydrogens is 112 g/mol. The van der Waals surface area contributed by atoms with E-state index < -0.39 is 0 Å². The van der Waals surface area contributed by atoms with Gasteiger partial charge in [0, 0.05) is 0 Å². The van der Waals surface area contributed by atoms with Gasteiger partial charge in [0.2, 0.25) is 0 Å². The van der Waals surface area contributed by atoms with E-state index in [1.807, 2.05) is 27.7 Å². The third kappa shape index (κ3) is 7.45. The molecule has 0 aromatic rings. The van der Waals surface area contributed by atoms with Gasteiger partial charge in [-0.3, -0.25) is 0 Å². The van der Waals surface area contributed by atoms with E-state index >= 15 is 0 Å². The first-order valence-corrected chi connectivity index (χ1v) is 3.22. The Morgan fingerprint density at radius 2 is 1.67 bits per heavy atom. The molecule has 0 spiro atoms. The fraction of sp³-hybridized carbons (Fsp3) is 0.857. The summed E-state index contributed by atoms with van der Waals surface area (Å²) in [6, 6.07) is 2.08. The standard InChI is InChI=1S/C5H10N2.C2H6/c1-5(2,4-6)7-3;1-2/h7H,1-3H3;1-2H3. The zero-order chi connectivity index (χ0) is 7.91. The van der Waals surface area contributed by atoms with E-state index in [1.54, 1.807) is 7.05 Å². The van der Waals surface area contributed by atoms with E-state index in [0.717, 1.165) is 0 Å². The minimum atomic E-state index is -0.361. The third-order valence-corrected chi connectivity index (χ3v) is 0.905. The number of nitriles is 1. The first kappa shape index (κ1) is 11.3. The molecule has 0 aromatic carbocycles. The Balaban J connectivity index is 0. The maximum absolute atomic E-state index is 8.28. The average Bonchev–Trinajstić information content (AvgIpc) is 1.93. The molecule has 0 fully saturated rings. The second-order valence-corrected chi connectivity index (χ2v) is 1.99. The summed E-state index contributed by atoms with van der Waals surface area (Å²) in [5.41, 5.74) is -0.361. The van der Waals surface area contributed by atoms with Crippen molar-refractivity contribution in [2.45, 2.75) is 33.2 Å². The van der Waals surface area contributed by atoms with Crippen molar-refractivity contribution in [2.24, 2.45) is 0 Å². The molecule has 0 aliphatic rings. The Labute approximate surface area is 57.9 Å². The quantitative estimate of drug-likeness (QED) is 0.581. The van der Waals surface area contributed by atoms with E-state index in [1.165, 1.54) is 0 Å². The summed E-state index contributed by atoms with van der Waals surface area (Å²) >= 11 is 0. The second kappa shape index (κ2) is 5.58. The minimum absolute atomic E-state index is 0.361. The Kier molecular flexibility index (Phi) is 6.99. The Hall–Kier alpha value is -0.550. The number of nitrogens with one attached hydrogen (secondary N) is 1. The van der Waals surface area contributed by atoms with Gasteiger partial charge in [-0.2, -0.15) is 5.26 Å². The highest BCUT2D eigenvalue weighted by Gasteiger charge is 2.10. The van der Waals surface area contributed by atoms with Crippen LogP contribution in [0.4, 0.5) is 0 Å². The topological polar surface area (TPSA) is 35.8 Å². The molecule has 2 nitrogen and oxygen atoms in total. The van der Waals surface area contributed by atoms with Gasteiger partial charge in [-0.25, -0.2) is 0 Å². The normalized spacial score (nSPS) is 8.89. The fourth-order valence-electron chi connectivity index (χ4n) is 0.0559. The van der Waals surface area contributed by atoms with Crippen LogP contribution in [-0.4, -0.2) is 12.6 Å². The van der Waals surface area contributed by atoms with Gasteiger partial charge in [-0.15, -0.1) is 0 Å². The van der Waals surface area contributed by atoms with Crippen LogP contribution in [0.1, 0.15) is 27.7 Å². The van der Waals surface area contributed by atoms with Crippen LogP contribution in [0, 0.1) is 11.3 Å². The number of hydrogen-bond acceptors (Lipinski definition) is 2. The summed E-state index contributed by atoms with van der Waals surface area (Å²) in [6.45, 7) is 7.65. The predicted molar refractivity (Wildman–Crippen MR) is 40.1 cm³/mol.